The maximum atomic E-state index is 12.3. The van der Waals surface area contributed by atoms with Crippen molar-refractivity contribution in [2.75, 3.05) is 37.6 Å². The Morgan fingerprint density at radius 3 is 2.48 bits per heavy atom. The molecular formula is C14H18N4O4S. The number of carbonyl (C=O) groups is 2. The monoisotopic (exact) mass is 338 g/mol. The lowest BCUT2D eigenvalue weighted by Crippen LogP contribution is -2.41. The van der Waals surface area contributed by atoms with E-state index in [1.165, 1.54) is 11.3 Å². The van der Waals surface area contributed by atoms with Crippen LogP contribution >= 0.6 is 11.3 Å². The quantitative estimate of drug-likeness (QED) is 0.810. The van der Waals surface area contributed by atoms with Gasteiger partial charge in [0.25, 0.3) is 0 Å². The third-order valence-electron chi connectivity index (χ3n) is 3.72. The number of hydrogen-bond acceptors (Lipinski definition) is 6. The molecule has 0 aliphatic carbocycles. The molecule has 2 saturated heterocycles. The molecule has 1 aromatic heterocycles. The minimum absolute atomic E-state index is 0.0630. The molecule has 0 unspecified atom stereocenters. The number of hydrogen-bond donors (Lipinski definition) is 0. The van der Waals surface area contributed by atoms with E-state index >= 15 is 0 Å². The molecule has 0 N–H and O–H groups in total. The molecule has 3 rings (SSSR count). The lowest BCUT2D eigenvalue weighted by Gasteiger charge is -2.20. The molecule has 2 aliphatic heterocycles. The Labute approximate surface area is 137 Å². The van der Waals surface area contributed by atoms with E-state index < -0.39 is 0 Å². The summed E-state index contributed by atoms with van der Waals surface area (Å²) < 4.78 is 0. The lowest BCUT2D eigenvalue weighted by atomic mass is 10.4. The van der Waals surface area contributed by atoms with Gasteiger partial charge in [0, 0.05) is 31.6 Å². The molecule has 23 heavy (non-hydrogen) atoms. The van der Waals surface area contributed by atoms with Gasteiger partial charge in [-0.25, -0.2) is 9.78 Å². The largest absolute Gasteiger partial charge is 0.373 e. The van der Waals surface area contributed by atoms with Crippen LogP contribution in [-0.4, -0.2) is 65.6 Å². The molecular weight excluding hydrogens is 320 g/mol. The Balaban J connectivity index is 0.000000595. The third kappa shape index (κ3) is 4.14. The van der Waals surface area contributed by atoms with Crippen LogP contribution in [0.2, 0.25) is 0 Å². The molecule has 0 atom stereocenters. The zero-order chi connectivity index (χ0) is 16.8. The zero-order valence-corrected chi connectivity index (χ0v) is 13.7. The van der Waals surface area contributed by atoms with Gasteiger partial charge in [0.1, 0.15) is 6.54 Å². The number of aromatic nitrogens is 1. The molecule has 2 fully saturated rings. The van der Waals surface area contributed by atoms with Gasteiger partial charge >= 0.3 is 12.2 Å². The molecule has 0 bridgehead atoms. The van der Waals surface area contributed by atoms with Gasteiger partial charge in [-0.05, 0) is 19.8 Å². The van der Waals surface area contributed by atoms with E-state index in [4.69, 9.17) is 9.59 Å². The van der Waals surface area contributed by atoms with Crippen LogP contribution in [0.1, 0.15) is 18.5 Å². The predicted octanol–water partition coefficient (Wildman–Crippen LogP) is 0.732. The number of amides is 3. The lowest BCUT2D eigenvalue weighted by molar-refractivity contribution is -0.191. The van der Waals surface area contributed by atoms with Gasteiger partial charge in [-0.15, -0.1) is 11.3 Å². The molecule has 1 aromatic rings. The summed E-state index contributed by atoms with van der Waals surface area (Å²) in [6.45, 7) is 4.97. The smallest absolute Gasteiger partial charge is 0.341 e. The van der Waals surface area contributed by atoms with E-state index in [1.54, 1.807) is 9.80 Å². The first-order valence-electron chi connectivity index (χ1n) is 7.32. The van der Waals surface area contributed by atoms with Gasteiger partial charge in [0.05, 0.1) is 5.69 Å². The Hall–Kier alpha value is -2.25. The van der Waals surface area contributed by atoms with Crippen LogP contribution < -0.4 is 4.90 Å². The molecule has 0 saturated carbocycles. The Kier molecular flexibility index (Phi) is 5.84. The van der Waals surface area contributed by atoms with E-state index in [0.717, 1.165) is 36.8 Å². The number of aryl methyl sites for hydroxylation is 1. The molecule has 0 spiro atoms. The summed E-state index contributed by atoms with van der Waals surface area (Å²) in [4.78, 5) is 50.1. The highest BCUT2D eigenvalue weighted by atomic mass is 32.1. The number of carbonyl (C=O) groups excluding carboxylic acids is 4. The van der Waals surface area contributed by atoms with Gasteiger partial charge < -0.3 is 9.80 Å². The van der Waals surface area contributed by atoms with Crippen molar-refractivity contribution in [3.63, 3.8) is 0 Å². The van der Waals surface area contributed by atoms with Crippen molar-refractivity contribution in [2.24, 2.45) is 0 Å². The molecule has 3 amide bonds. The first-order chi connectivity index (χ1) is 11.1. The summed E-state index contributed by atoms with van der Waals surface area (Å²) in [6.07, 6.45) is 2.40. The fraction of sp³-hybridized carbons (Fsp3) is 0.571. The predicted molar refractivity (Wildman–Crippen MR) is 82.0 cm³/mol. The van der Waals surface area contributed by atoms with Gasteiger partial charge in [0.15, 0.2) is 5.13 Å². The van der Waals surface area contributed by atoms with Gasteiger partial charge in [-0.3, -0.25) is 9.69 Å². The maximum Gasteiger partial charge on any atom is 0.373 e. The van der Waals surface area contributed by atoms with Crippen molar-refractivity contribution < 1.29 is 19.2 Å². The van der Waals surface area contributed by atoms with Crippen molar-refractivity contribution in [1.29, 1.82) is 0 Å². The standard InChI is InChI=1S/C13H18N4O2S.CO2/c1-10-9-20-12(14-10)17-7-6-16(13(17)19)8-11(18)15-4-2-3-5-15;2-1-3/h9H,2-8H2,1H3;. The number of anilines is 1. The molecule has 2 aliphatic rings. The molecule has 8 nitrogen and oxygen atoms in total. The minimum Gasteiger partial charge on any atom is -0.341 e. The van der Waals surface area contributed by atoms with Crippen LogP contribution in [0.5, 0.6) is 0 Å². The van der Waals surface area contributed by atoms with Crippen molar-refractivity contribution >= 4 is 34.6 Å². The number of urea groups is 1. The van der Waals surface area contributed by atoms with Crippen molar-refractivity contribution in [3.8, 4) is 0 Å². The third-order valence-corrected chi connectivity index (χ3v) is 4.70. The summed E-state index contributed by atoms with van der Waals surface area (Å²) in [5.74, 6) is 0.0630. The number of rotatable bonds is 3. The SMILES string of the molecule is Cc1csc(N2CCN(CC(=O)N3CCCC3)C2=O)n1.O=C=O. The zero-order valence-electron chi connectivity index (χ0n) is 12.9. The summed E-state index contributed by atoms with van der Waals surface area (Å²) in [7, 11) is 0. The molecule has 3 heterocycles. The van der Waals surface area contributed by atoms with Gasteiger partial charge in [-0.2, -0.15) is 9.59 Å². The van der Waals surface area contributed by atoms with E-state index in [-0.39, 0.29) is 24.6 Å². The van der Waals surface area contributed by atoms with Crippen LogP contribution in [-0.2, 0) is 14.4 Å². The second kappa shape index (κ2) is 7.85. The van der Waals surface area contributed by atoms with E-state index in [0.29, 0.717) is 13.1 Å². The second-order valence-electron chi connectivity index (χ2n) is 5.30. The van der Waals surface area contributed by atoms with Crippen LogP contribution in [0.25, 0.3) is 0 Å². The van der Waals surface area contributed by atoms with Crippen LogP contribution in [0.15, 0.2) is 5.38 Å². The number of nitrogens with zero attached hydrogens (tertiary/aromatic N) is 4. The fourth-order valence-electron chi connectivity index (χ4n) is 2.60. The first kappa shape index (κ1) is 17.1. The Bertz CT molecular complexity index is 606. The van der Waals surface area contributed by atoms with E-state index in [1.807, 2.05) is 17.2 Å². The van der Waals surface area contributed by atoms with Crippen LogP contribution in [0, 0.1) is 6.92 Å². The van der Waals surface area contributed by atoms with Gasteiger partial charge in [-0.1, -0.05) is 0 Å². The summed E-state index contributed by atoms with van der Waals surface area (Å²) in [5, 5.41) is 2.66. The molecule has 9 heteroatoms. The highest BCUT2D eigenvalue weighted by molar-refractivity contribution is 7.14. The van der Waals surface area contributed by atoms with Crippen molar-refractivity contribution in [3.05, 3.63) is 11.1 Å². The van der Waals surface area contributed by atoms with Crippen molar-refractivity contribution in [2.45, 2.75) is 19.8 Å². The van der Waals surface area contributed by atoms with Gasteiger partial charge in [0.2, 0.25) is 5.91 Å². The summed E-state index contributed by atoms with van der Waals surface area (Å²) >= 11 is 1.47. The maximum absolute atomic E-state index is 12.3. The second-order valence-corrected chi connectivity index (χ2v) is 6.14. The molecule has 124 valence electrons. The number of likely N-dealkylation sites (tertiary alicyclic amines) is 1. The summed E-state index contributed by atoms with van der Waals surface area (Å²) in [6, 6.07) is -0.105. The van der Waals surface area contributed by atoms with Crippen LogP contribution in [0.3, 0.4) is 0 Å². The van der Waals surface area contributed by atoms with E-state index in [9.17, 15) is 9.59 Å². The Morgan fingerprint density at radius 1 is 1.26 bits per heavy atom. The highest BCUT2D eigenvalue weighted by Crippen LogP contribution is 2.24. The topological polar surface area (TPSA) is 90.9 Å². The van der Waals surface area contributed by atoms with E-state index in [2.05, 4.69) is 4.98 Å². The number of thiazole rings is 1. The Morgan fingerprint density at radius 2 is 1.91 bits per heavy atom. The highest BCUT2D eigenvalue weighted by Gasteiger charge is 2.33. The first-order valence-corrected chi connectivity index (χ1v) is 8.20. The minimum atomic E-state index is -0.105. The molecule has 0 aromatic carbocycles. The van der Waals surface area contributed by atoms with Crippen molar-refractivity contribution in [1.82, 2.24) is 14.8 Å². The summed E-state index contributed by atoms with van der Waals surface area (Å²) in [5.41, 5.74) is 0.921. The fourth-order valence-corrected chi connectivity index (χ4v) is 3.42. The average Bonchev–Trinajstić information content (AvgIpc) is 3.23. The normalized spacial score (nSPS) is 17.1. The molecule has 0 radical (unpaired) electrons. The average molecular weight is 338 g/mol. The van der Waals surface area contributed by atoms with Crippen LogP contribution in [0.4, 0.5) is 9.93 Å².